The Hall–Kier alpha value is -0.0700. The molecule has 1 aliphatic rings. The summed E-state index contributed by atoms with van der Waals surface area (Å²) in [4.78, 5) is 16.4. The summed E-state index contributed by atoms with van der Waals surface area (Å²) < 4.78 is -0.852. The third-order valence-electron chi connectivity index (χ3n) is 3.98. The van der Waals surface area contributed by atoms with E-state index in [9.17, 15) is 4.79 Å². The van der Waals surface area contributed by atoms with E-state index >= 15 is 0 Å². The molecular formula is C15H19BrCl3N3O. The number of pyridine rings is 1. The van der Waals surface area contributed by atoms with Crippen LogP contribution in [0.15, 0.2) is 22.8 Å². The summed E-state index contributed by atoms with van der Waals surface area (Å²) in [6.07, 6.45) is 5.05. The van der Waals surface area contributed by atoms with Gasteiger partial charge in [0.05, 0.1) is 0 Å². The molecule has 0 spiro atoms. The molecule has 0 aromatic carbocycles. The Bertz CT molecular complexity index is 528. The molecular weight excluding hydrogens is 424 g/mol. The molecule has 0 radical (unpaired) electrons. The summed E-state index contributed by atoms with van der Waals surface area (Å²) >= 11 is 21.4. The molecule has 1 saturated carbocycles. The number of nitrogens with one attached hydrogen (secondary N) is 2. The predicted octanol–water partition coefficient (Wildman–Crippen LogP) is 4.44. The van der Waals surface area contributed by atoms with Crippen molar-refractivity contribution < 1.29 is 4.79 Å². The first-order valence-corrected chi connectivity index (χ1v) is 9.43. The zero-order valence-corrected chi connectivity index (χ0v) is 16.5. The van der Waals surface area contributed by atoms with Crippen molar-refractivity contribution >= 4 is 56.6 Å². The first kappa shape index (κ1) is 19.3. The lowest BCUT2D eigenvalue weighted by Crippen LogP contribution is -2.57. The van der Waals surface area contributed by atoms with Crippen molar-refractivity contribution in [3.05, 3.63) is 28.5 Å². The minimum atomic E-state index is -1.64. The normalized spacial score (nSPS) is 23.3. The maximum absolute atomic E-state index is 12.3. The number of nitrogens with zero attached hydrogens (tertiary/aromatic N) is 1. The van der Waals surface area contributed by atoms with Gasteiger partial charge in [-0.25, -0.2) is 4.98 Å². The summed E-state index contributed by atoms with van der Waals surface area (Å²) in [5, 5.41) is 5.99. The number of halogens is 4. The smallest absolute Gasteiger partial charge is 0.271 e. The van der Waals surface area contributed by atoms with E-state index in [0.29, 0.717) is 0 Å². The van der Waals surface area contributed by atoms with Crippen LogP contribution in [0.3, 0.4) is 0 Å². The van der Waals surface area contributed by atoms with Crippen LogP contribution >= 0.6 is 50.7 Å². The van der Waals surface area contributed by atoms with Crippen LogP contribution in [0.4, 0.5) is 0 Å². The van der Waals surface area contributed by atoms with Gasteiger partial charge in [0.2, 0.25) is 3.79 Å². The van der Waals surface area contributed by atoms with Crippen molar-refractivity contribution in [2.24, 2.45) is 5.92 Å². The van der Waals surface area contributed by atoms with Gasteiger partial charge >= 0.3 is 0 Å². The van der Waals surface area contributed by atoms with E-state index in [1.54, 1.807) is 18.3 Å². The third kappa shape index (κ3) is 6.05. The van der Waals surface area contributed by atoms with Gasteiger partial charge in [0.1, 0.15) is 11.9 Å². The summed E-state index contributed by atoms with van der Waals surface area (Å²) in [5.41, 5.74) is 0.270. The van der Waals surface area contributed by atoms with E-state index in [-0.39, 0.29) is 17.6 Å². The molecule has 0 saturated heterocycles. The van der Waals surface area contributed by atoms with Crippen molar-refractivity contribution in [1.29, 1.82) is 0 Å². The van der Waals surface area contributed by atoms with E-state index < -0.39 is 9.96 Å². The number of aromatic nitrogens is 1. The van der Waals surface area contributed by atoms with Crippen molar-refractivity contribution in [1.82, 2.24) is 15.6 Å². The van der Waals surface area contributed by atoms with E-state index in [1.165, 1.54) is 0 Å². The molecule has 1 aromatic rings. The highest BCUT2D eigenvalue weighted by molar-refractivity contribution is 9.10. The molecule has 8 heteroatoms. The highest BCUT2D eigenvalue weighted by Crippen LogP contribution is 2.31. The lowest BCUT2D eigenvalue weighted by Gasteiger charge is -2.34. The fourth-order valence-electron chi connectivity index (χ4n) is 2.60. The molecule has 0 aliphatic heterocycles. The van der Waals surface area contributed by atoms with E-state index in [4.69, 9.17) is 34.8 Å². The summed E-state index contributed by atoms with van der Waals surface area (Å²) in [6.45, 7) is 2.24. The van der Waals surface area contributed by atoms with Gasteiger partial charge in [-0.2, -0.15) is 0 Å². The van der Waals surface area contributed by atoms with Crippen LogP contribution in [-0.2, 0) is 0 Å². The Morgan fingerprint density at radius 3 is 2.48 bits per heavy atom. The highest BCUT2D eigenvalue weighted by Gasteiger charge is 2.36. The predicted molar refractivity (Wildman–Crippen MR) is 98.0 cm³/mol. The van der Waals surface area contributed by atoms with Gasteiger partial charge in [0.15, 0.2) is 0 Å². The maximum Gasteiger partial charge on any atom is 0.271 e. The third-order valence-corrected chi connectivity index (χ3v) is 5.10. The standard InChI is InChI=1S/C15H19BrCl3N3O/c1-9-2-5-11(6-3-9)21-14(15(17,18)19)22-13(23)12-7-4-10(16)8-20-12/h4,7-9,11,14,21H,2-3,5-6H2,1H3,(H,22,23). The molecule has 2 rings (SSSR count). The largest absolute Gasteiger partial charge is 0.331 e. The van der Waals surface area contributed by atoms with Crippen LogP contribution in [0.5, 0.6) is 0 Å². The summed E-state index contributed by atoms with van der Waals surface area (Å²) in [5.74, 6) is 0.339. The summed E-state index contributed by atoms with van der Waals surface area (Å²) in [7, 11) is 0. The topological polar surface area (TPSA) is 54.0 Å². The first-order chi connectivity index (χ1) is 10.8. The lowest BCUT2D eigenvalue weighted by atomic mass is 9.87. The van der Waals surface area contributed by atoms with Crippen molar-refractivity contribution in [2.75, 3.05) is 0 Å². The van der Waals surface area contributed by atoms with Gasteiger partial charge in [-0.15, -0.1) is 0 Å². The van der Waals surface area contributed by atoms with E-state index in [0.717, 1.165) is 36.1 Å². The molecule has 1 amide bonds. The Kier molecular flexibility index (Phi) is 6.99. The van der Waals surface area contributed by atoms with Crippen LogP contribution in [-0.4, -0.2) is 26.9 Å². The number of alkyl halides is 3. The molecule has 4 nitrogen and oxygen atoms in total. The maximum atomic E-state index is 12.3. The van der Waals surface area contributed by atoms with Crippen molar-refractivity contribution in [2.45, 2.75) is 48.6 Å². The van der Waals surface area contributed by atoms with Gasteiger partial charge in [-0.05, 0) is 59.7 Å². The van der Waals surface area contributed by atoms with E-state index in [1.807, 2.05) is 0 Å². The van der Waals surface area contributed by atoms with E-state index in [2.05, 4.69) is 38.5 Å². The number of hydrogen-bond donors (Lipinski definition) is 2. The van der Waals surface area contributed by atoms with Gasteiger partial charge in [-0.3, -0.25) is 10.1 Å². The van der Waals surface area contributed by atoms with Crippen LogP contribution in [0.25, 0.3) is 0 Å². The average molecular weight is 444 g/mol. The fourth-order valence-corrected chi connectivity index (χ4v) is 3.18. The molecule has 2 N–H and O–H groups in total. The fraction of sp³-hybridized carbons (Fsp3) is 0.600. The number of hydrogen-bond acceptors (Lipinski definition) is 3. The average Bonchev–Trinajstić information content (AvgIpc) is 2.48. The second-order valence-electron chi connectivity index (χ2n) is 5.93. The molecule has 23 heavy (non-hydrogen) atoms. The first-order valence-electron chi connectivity index (χ1n) is 7.51. The van der Waals surface area contributed by atoms with Crippen molar-refractivity contribution in [3.8, 4) is 0 Å². The minimum absolute atomic E-state index is 0.227. The van der Waals surface area contributed by atoms with Gasteiger partial charge < -0.3 is 5.32 Å². The Labute approximate surface area is 159 Å². The van der Waals surface area contributed by atoms with Crippen LogP contribution in [0.1, 0.15) is 43.1 Å². The monoisotopic (exact) mass is 441 g/mol. The number of carbonyl (C=O) groups is 1. The SMILES string of the molecule is CC1CCC(NC(NC(=O)c2ccc(Br)cn2)C(Cl)(Cl)Cl)CC1. The number of rotatable bonds is 4. The second kappa shape index (κ2) is 8.34. The van der Waals surface area contributed by atoms with Crippen molar-refractivity contribution in [3.63, 3.8) is 0 Å². The molecule has 0 bridgehead atoms. The zero-order chi connectivity index (χ0) is 17.0. The second-order valence-corrected chi connectivity index (χ2v) is 9.22. The Morgan fingerprint density at radius 2 is 1.96 bits per heavy atom. The number of amides is 1. The molecule has 1 unspecified atom stereocenters. The molecule has 1 aromatic heterocycles. The Balaban J connectivity index is 2.01. The highest BCUT2D eigenvalue weighted by atomic mass is 79.9. The number of carbonyl (C=O) groups excluding carboxylic acids is 1. The van der Waals surface area contributed by atoms with Crippen LogP contribution < -0.4 is 10.6 Å². The summed E-state index contributed by atoms with van der Waals surface area (Å²) in [6, 6.07) is 3.57. The molecule has 1 heterocycles. The molecule has 1 fully saturated rings. The van der Waals surface area contributed by atoms with Gasteiger partial charge in [0.25, 0.3) is 5.91 Å². The Morgan fingerprint density at radius 1 is 1.30 bits per heavy atom. The van der Waals surface area contributed by atoms with Crippen LogP contribution in [0, 0.1) is 5.92 Å². The zero-order valence-electron chi connectivity index (χ0n) is 12.7. The van der Waals surface area contributed by atoms with Gasteiger partial charge in [-0.1, -0.05) is 41.7 Å². The minimum Gasteiger partial charge on any atom is -0.331 e. The van der Waals surface area contributed by atoms with Crippen LogP contribution in [0.2, 0.25) is 0 Å². The molecule has 1 atom stereocenters. The molecule has 128 valence electrons. The van der Waals surface area contributed by atoms with Gasteiger partial charge in [0, 0.05) is 16.7 Å². The quantitative estimate of drug-likeness (QED) is 0.534. The molecule has 1 aliphatic carbocycles. The lowest BCUT2D eigenvalue weighted by molar-refractivity contribution is 0.0918.